The molecule has 1 aromatic rings. The number of anilines is 1. The molecule has 5 heteroatoms. The van der Waals surface area contributed by atoms with Gasteiger partial charge < -0.3 is 5.73 Å². The maximum absolute atomic E-state index is 10.5. The maximum atomic E-state index is 10.5. The van der Waals surface area contributed by atoms with Crippen molar-refractivity contribution in [2.45, 2.75) is 0 Å². The molecule has 0 bridgehead atoms. The van der Waals surface area contributed by atoms with Crippen molar-refractivity contribution in [2.75, 3.05) is 5.73 Å². The van der Waals surface area contributed by atoms with Gasteiger partial charge in [-0.15, -0.1) is 4.91 Å². The number of hydrogen-bond acceptors (Lipinski definition) is 5. The predicted molar refractivity (Wildman–Crippen MR) is 47.1 cm³/mol. The molecule has 5 nitrogen and oxygen atoms in total. The summed E-state index contributed by atoms with van der Waals surface area (Å²) in [4.78, 5) is 31.1. The smallest absolute Gasteiger partial charge is 0.152 e. The summed E-state index contributed by atoms with van der Waals surface area (Å²) in [5, 5.41) is 2.60. The van der Waals surface area contributed by atoms with Crippen molar-refractivity contribution in [3.63, 3.8) is 0 Å². The third-order valence-corrected chi connectivity index (χ3v) is 1.64. The minimum Gasteiger partial charge on any atom is -0.396 e. The fourth-order valence-electron chi connectivity index (χ4n) is 0.956. The molecule has 1 rings (SSSR count). The van der Waals surface area contributed by atoms with Gasteiger partial charge in [0.15, 0.2) is 12.6 Å². The molecular formula is C8H6N2O3. The van der Waals surface area contributed by atoms with Crippen molar-refractivity contribution in [3.8, 4) is 0 Å². The molecule has 0 saturated heterocycles. The van der Waals surface area contributed by atoms with Crippen molar-refractivity contribution in [1.29, 1.82) is 0 Å². The number of hydrogen-bond donors (Lipinski definition) is 1. The second-order valence-corrected chi connectivity index (χ2v) is 2.33. The number of benzene rings is 1. The monoisotopic (exact) mass is 178 g/mol. The van der Waals surface area contributed by atoms with E-state index in [1.807, 2.05) is 0 Å². The SMILES string of the molecule is Nc1c(N=O)ccc(C=O)c1C=O. The van der Waals surface area contributed by atoms with Gasteiger partial charge in [0.25, 0.3) is 0 Å². The molecule has 0 aliphatic carbocycles. The topological polar surface area (TPSA) is 89.6 Å². The highest BCUT2D eigenvalue weighted by Gasteiger charge is 2.09. The van der Waals surface area contributed by atoms with E-state index < -0.39 is 0 Å². The first-order valence-corrected chi connectivity index (χ1v) is 3.40. The van der Waals surface area contributed by atoms with Gasteiger partial charge in [-0.25, -0.2) is 0 Å². The van der Waals surface area contributed by atoms with E-state index in [0.717, 1.165) is 0 Å². The number of nitrogens with two attached hydrogens (primary N) is 1. The van der Waals surface area contributed by atoms with Crippen molar-refractivity contribution in [2.24, 2.45) is 5.18 Å². The largest absolute Gasteiger partial charge is 0.396 e. The summed E-state index contributed by atoms with van der Waals surface area (Å²) in [5.74, 6) is 0. The van der Waals surface area contributed by atoms with E-state index in [4.69, 9.17) is 5.73 Å². The lowest BCUT2D eigenvalue weighted by atomic mass is 10.1. The molecule has 0 atom stereocenters. The molecule has 13 heavy (non-hydrogen) atoms. The number of rotatable bonds is 3. The molecule has 66 valence electrons. The number of carbonyl (C=O) groups excluding carboxylic acids is 2. The summed E-state index contributed by atoms with van der Waals surface area (Å²) < 4.78 is 0. The Kier molecular flexibility index (Phi) is 2.49. The van der Waals surface area contributed by atoms with E-state index in [1.54, 1.807) is 0 Å². The van der Waals surface area contributed by atoms with Crippen LogP contribution in [0.3, 0.4) is 0 Å². The summed E-state index contributed by atoms with van der Waals surface area (Å²) in [5.41, 5.74) is 5.46. The van der Waals surface area contributed by atoms with Gasteiger partial charge in [-0.05, 0) is 17.3 Å². The molecule has 1 aromatic carbocycles. The van der Waals surface area contributed by atoms with E-state index in [2.05, 4.69) is 5.18 Å². The van der Waals surface area contributed by atoms with Crippen molar-refractivity contribution < 1.29 is 9.59 Å². The molecule has 0 unspecified atom stereocenters. The third-order valence-electron chi connectivity index (χ3n) is 1.64. The lowest BCUT2D eigenvalue weighted by Gasteiger charge is -2.02. The Hall–Kier alpha value is -2.04. The van der Waals surface area contributed by atoms with Gasteiger partial charge >= 0.3 is 0 Å². The van der Waals surface area contributed by atoms with E-state index in [1.165, 1.54) is 12.1 Å². The Balaban J connectivity index is 3.48. The Morgan fingerprint density at radius 3 is 2.38 bits per heavy atom. The predicted octanol–water partition coefficient (Wildman–Crippen LogP) is 1.29. The van der Waals surface area contributed by atoms with Gasteiger partial charge in [-0.1, -0.05) is 0 Å². The number of nitrogen functional groups attached to an aromatic ring is 1. The highest BCUT2D eigenvalue weighted by Crippen LogP contribution is 2.26. The molecular weight excluding hydrogens is 172 g/mol. The van der Waals surface area contributed by atoms with Gasteiger partial charge in [-0.3, -0.25) is 9.59 Å². The molecule has 0 fully saturated rings. The van der Waals surface area contributed by atoms with Crippen LogP contribution < -0.4 is 5.73 Å². The van der Waals surface area contributed by atoms with E-state index >= 15 is 0 Å². The van der Waals surface area contributed by atoms with Crippen LogP contribution in [0.4, 0.5) is 11.4 Å². The minimum atomic E-state index is -0.0606. The average Bonchev–Trinajstić information content (AvgIpc) is 2.17. The molecule has 0 aliphatic heterocycles. The zero-order chi connectivity index (χ0) is 9.84. The number of carbonyl (C=O) groups is 2. The second kappa shape index (κ2) is 3.57. The molecule has 0 amide bonds. The average molecular weight is 178 g/mol. The number of nitroso groups, excluding NO2 is 1. The van der Waals surface area contributed by atoms with Crippen LogP contribution >= 0.6 is 0 Å². The van der Waals surface area contributed by atoms with E-state index in [-0.39, 0.29) is 22.5 Å². The Labute approximate surface area is 73.5 Å². The van der Waals surface area contributed by atoms with Gasteiger partial charge in [0.1, 0.15) is 5.69 Å². The fraction of sp³-hybridized carbons (Fsp3) is 0. The lowest BCUT2D eigenvalue weighted by molar-refractivity contribution is 0.109. The number of nitrogens with zero attached hydrogens (tertiary/aromatic N) is 1. The standard InChI is InChI=1S/C8H6N2O3/c9-8-6(4-12)5(3-11)1-2-7(8)10-13/h1-4H,9H2. The van der Waals surface area contributed by atoms with Crippen molar-refractivity contribution in [1.82, 2.24) is 0 Å². The fourth-order valence-corrected chi connectivity index (χ4v) is 0.956. The van der Waals surface area contributed by atoms with Gasteiger partial charge in [0.05, 0.1) is 11.3 Å². The minimum absolute atomic E-state index is 0.00657. The Morgan fingerprint density at radius 1 is 1.23 bits per heavy atom. The van der Waals surface area contributed by atoms with Gasteiger partial charge in [-0.2, -0.15) is 0 Å². The van der Waals surface area contributed by atoms with Crippen LogP contribution in [0.5, 0.6) is 0 Å². The lowest BCUT2D eigenvalue weighted by Crippen LogP contribution is -1.98. The first kappa shape index (κ1) is 9.05. The molecule has 0 aliphatic rings. The second-order valence-electron chi connectivity index (χ2n) is 2.33. The number of aldehydes is 2. The first-order chi connectivity index (χ1) is 6.24. The van der Waals surface area contributed by atoms with Crippen molar-refractivity contribution in [3.05, 3.63) is 28.2 Å². The zero-order valence-electron chi connectivity index (χ0n) is 6.56. The van der Waals surface area contributed by atoms with Crippen LogP contribution in [0.15, 0.2) is 17.3 Å². The summed E-state index contributed by atoms with van der Waals surface area (Å²) >= 11 is 0. The van der Waals surface area contributed by atoms with Crippen LogP contribution in [-0.4, -0.2) is 12.6 Å². The zero-order valence-corrected chi connectivity index (χ0v) is 6.56. The molecule has 0 saturated carbocycles. The quantitative estimate of drug-likeness (QED) is 0.429. The van der Waals surface area contributed by atoms with Crippen LogP contribution in [0, 0.1) is 4.91 Å². The van der Waals surface area contributed by atoms with Crippen LogP contribution in [0.25, 0.3) is 0 Å². The maximum Gasteiger partial charge on any atom is 0.152 e. The van der Waals surface area contributed by atoms with Gasteiger partial charge in [0, 0.05) is 5.56 Å². The third kappa shape index (κ3) is 1.44. The summed E-state index contributed by atoms with van der Waals surface area (Å²) in [6.45, 7) is 0. The summed E-state index contributed by atoms with van der Waals surface area (Å²) in [6.07, 6.45) is 0.919. The van der Waals surface area contributed by atoms with Crippen molar-refractivity contribution >= 4 is 23.9 Å². The highest BCUT2D eigenvalue weighted by atomic mass is 16.3. The van der Waals surface area contributed by atoms with E-state index in [0.29, 0.717) is 12.6 Å². The molecule has 0 heterocycles. The summed E-state index contributed by atoms with van der Waals surface area (Å²) in [6, 6.07) is 2.61. The van der Waals surface area contributed by atoms with E-state index in [9.17, 15) is 14.5 Å². The normalized spacial score (nSPS) is 9.23. The summed E-state index contributed by atoms with van der Waals surface area (Å²) in [7, 11) is 0. The Morgan fingerprint density at radius 2 is 1.92 bits per heavy atom. The first-order valence-electron chi connectivity index (χ1n) is 3.40. The Bertz CT molecular complexity index is 374. The van der Waals surface area contributed by atoms with Crippen LogP contribution in [-0.2, 0) is 0 Å². The molecule has 0 aromatic heterocycles. The highest BCUT2D eigenvalue weighted by molar-refractivity contribution is 5.98. The molecule has 2 N–H and O–H groups in total. The molecule has 0 spiro atoms. The van der Waals surface area contributed by atoms with Crippen LogP contribution in [0.1, 0.15) is 20.7 Å². The van der Waals surface area contributed by atoms with Gasteiger partial charge in [0.2, 0.25) is 0 Å². The van der Waals surface area contributed by atoms with Crippen LogP contribution in [0.2, 0.25) is 0 Å². The molecule has 0 radical (unpaired) electrons.